The maximum atomic E-state index is 12.8. The number of aromatic nitrogens is 2. The second-order valence-corrected chi connectivity index (χ2v) is 6.77. The van der Waals surface area contributed by atoms with Gasteiger partial charge in [0.2, 0.25) is 0 Å². The fourth-order valence-electron chi connectivity index (χ4n) is 3.32. The first-order valence-electron chi connectivity index (χ1n) is 9.68. The Morgan fingerprint density at radius 3 is 2.52 bits per heavy atom. The molecule has 1 unspecified atom stereocenters. The zero-order valence-corrected chi connectivity index (χ0v) is 17.2. The van der Waals surface area contributed by atoms with Gasteiger partial charge in [0.15, 0.2) is 0 Å². The first-order valence-corrected chi connectivity index (χ1v) is 9.68. The van der Waals surface area contributed by atoms with E-state index in [1.54, 1.807) is 37.2 Å². The summed E-state index contributed by atoms with van der Waals surface area (Å²) in [5.41, 5.74) is 1.18. The quantitative estimate of drug-likeness (QED) is 0.687. The molecular formula is C22H26N4O3. The monoisotopic (exact) mass is 394 g/mol. The minimum atomic E-state index is -0.347. The summed E-state index contributed by atoms with van der Waals surface area (Å²) in [5.74, 6) is 1.31. The number of fused-ring (bicyclic) bond motifs is 1. The van der Waals surface area contributed by atoms with Crippen LogP contribution in [0, 0.1) is 0 Å². The molecule has 0 aliphatic heterocycles. The number of para-hydroxylation sites is 1. The highest BCUT2D eigenvalue weighted by molar-refractivity contribution is 5.89. The van der Waals surface area contributed by atoms with Gasteiger partial charge in [0, 0.05) is 19.8 Å². The number of nitrogens with zero attached hydrogens (tertiary/aromatic N) is 3. The van der Waals surface area contributed by atoms with Crippen molar-refractivity contribution >= 4 is 22.6 Å². The fraction of sp³-hybridized carbons (Fsp3) is 0.318. The first-order chi connectivity index (χ1) is 14.0. The van der Waals surface area contributed by atoms with E-state index in [1.807, 2.05) is 44.2 Å². The van der Waals surface area contributed by atoms with Crippen molar-refractivity contribution in [3.05, 3.63) is 64.7 Å². The van der Waals surface area contributed by atoms with Gasteiger partial charge in [-0.1, -0.05) is 19.1 Å². The lowest BCUT2D eigenvalue weighted by molar-refractivity contribution is 0.198. The number of hydrogen-bond donors (Lipinski definition) is 1. The highest BCUT2D eigenvalue weighted by Gasteiger charge is 2.24. The standard InChI is InChI=1S/C22H26N4O3/c1-5-19(20-24-18-10-8-7-9-17(18)21(27)26(20)4)25(3)22(28)23-15-11-13-16(14-12-15)29-6-2/h7-14,19H,5-6H2,1-4H3,(H,23,28). The van der Waals surface area contributed by atoms with E-state index in [-0.39, 0.29) is 17.6 Å². The van der Waals surface area contributed by atoms with Crippen LogP contribution in [0.15, 0.2) is 53.3 Å². The van der Waals surface area contributed by atoms with Crippen LogP contribution >= 0.6 is 0 Å². The summed E-state index contributed by atoms with van der Waals surface area (Å²) in [4.78, 5) is 31.8. The van der Waals surface area contributed by atoms with E-state index < -0.39 is 0 Å². The van der Waals surface area contributed by atoms with E-state index in [0.29, 0.717) is 35.4 Å². The molecule has 0 saturated heterocycles. The van der Waals surface area contributed by atoms with Crippen LogP contribution in [-0.2, 0) is 7.05 Å². The Bertz CT molecular complexity index is 1060. The molecule has 0 bridgehead atoms. The summed E-state index contributed by atoms with van der Waals surface area (Å²) < 4.78 is 6.95. The van der Waals surface area contributed by atoms with E-state index in [1.165, 1.54) is 4.57 Å². The van der Waals surface area contributed by atoms with Crippen LogP contribution in [0.3, 0.4) is 0 Å². The smallest absolute Gasteiger partial charge is 0.322 e. The Balaban J connectivity index is 1.85. The summed E-state index contributed by atoms with van der Waals surface area (Å²) in [5, 5.41) is 3.45. The highest BCUT2D eigenvalue weighted by atomic mass is 16.5. The minimum absolute atomic E-state index is 0.121. The maximum Gasteiger partial charge on any atom is 0.322 e. The van der Waals surface area contributed by atoms with Crippen molar-refractivity contribution in [2.24, 2.45) is 7.05 Å². The maximum absolute atomic E-state index is 12.8. The molecule has 152 valence electrons. The Labute approximate surface area is 169 Å². The molecule has 0 aliphatic carbocycles. The van der Waals surface area contributed by atoms with Gasteiger partial charge in [-0.15, -0.1) is 0 Å². The molecule has 0 fully saturated rings. The molecule has 0 spiro atoms. The molecule has 1 N–H and O–H groups in total. The van der Waals surface area contributed by atoms with Crippen molar-refractivity contribution in [1.82, 2.24) is 14.5 Å². The topological polar surface area (TPSA) is 76.5 Å². The molecule has 2 amide bonds. The van der Waals surface area contributed by atoms with Gasteiger partial charge in [-0.2, -0.15) is 0 Å². The number of rotatable bonds is 6. The molecule has 0 aliphatic rings. The predicted molar refractivity (Wildman–Crippen MR) is 114 cm³/mol. The number of urea groups is 1. The van der Waals surface area contributed by atoms with Gasteiger partial charge in [-0.05, 0) is 49.7 Å². The van der Waals surface area contributed by atoms with Crippen molar-refractivity contribution in [2.75, 3.05) is 19.0 Å². The molecule has 7 heteroatoms. The number of benzene rings is 2. The van der Waals surface area contributed by atoms with Crippen LogP contribution in [-0.4, -0.2) is 34.1 Å². The van der Waals surface area contributed by atoms with Crippen molar-refractivity contribution < 1.29 is 9.53 Å². The summed E-state index contributed by atoms with van der Waals surface area (Å²) in [7, 11) is 3.40. The zero-order valence-electron chi connectivity index (χ0n) is 17.2. The Kier molecular flexibility index (Phi) is 6.16. The molecule has 2 aromatic carbocycles. The number of ether oxygens (including phenoxy) is 1. The van der Waals surface area contributed by atoms with Gasteiger partial charge in [0.1, 0.15) is 11.6 Å². The summed E-state index contributed by atoms with van der Waals surface area (Å²) in [6.07, 6.45) is 0.617. The molecule has 7 nitrogen and oxygen atoms in total. The van der Waals surface area contributed by atoms with E-state index >= 15 is 0 Å². The molecule has 3 aromatic rings. The van der Waals surface area contributed by atoms with Crippen LogP contribution in [0.5, 0.6) is 5.75 Å². The van der Waals surface area contributed by atoms with Gasteiger partial charge >= 0.3 is 6.03 Å². The third-order valence-electron chi connectivity index (χ3n) is 4.91. The highest BCUT2D eigenvalue weighted by Crippen LogP contribution is 2.23. The number of carbonyl (C=O) groups excluding carboxylic acids is 1. The third kappa shape index (κ3) is 4.23. The lowest BCUT2D eigenvalue weighted by atomic mass is 10.1. The molecule has 0 radical (unpaired) electrons. The molecule has 1 heterocycles. The molecular weight excluding hydrogens is 368 g/mol. The Morgan fingerprint density at radius 1 is 1.17 bits per heavy atom. The van der Waals surface area contributed by atoms with E-state index in [9.17, 15) is 9.59 Å². The lowest BCUT2D eigenvalue weighted by Crippen LogP contribution is -2.38. The summed E-state index contributed by atoms with van der Waals surface area (Å²) in [6.45, 7) is 4.47. The van der Waals surface area contributed by atoms with Crippen molar-refractivity contribution in [2.45, 2.75) is 26.3 Å². The number of hydrogen-bond acceptors (Lipinski definition) is 4. The number of nitrogens with one attached hydrogen (secondary N) is 1. The molecule has 29 heavy (non-hydrogen) atoms. The fourth-order valence-corrected chi connectivity index (χ4v) is 3.32. The van der Waals surface area contributed by atoms with Gasteiger partial charge < -0.3 is 15.0 Å². The SMILES string of the molecule is CCOc1ccc(NC(=O)N(C)C(CC)c2nc3ccccc3c(=O)n2C)cc1. The van der Waals surface area contributed by atoms with E-state index in [4.69, 9.17) is 4.74 Å². The molecule has 0 saturated carbocycles. The van der Waals surface area contributed by atoms with E-state index in [2.05, 4.69) is 10.3 Å². The van der Waals surface area contributed by atoms with Crippen LogP contribution in [0.4, 0.5) is 10.5 Å². The van der Waals surface area contributed by atoms with Gasteiger partial charge in [-0.3, -0.25) is 9.36 Å². The second kappa shape index (κ2) is 8.77. The molecule has 1 atom stereocenters. The number of amides is 2. The Morgan fingerprint density at radius 2 is 1.86 bits per heavy atom. The average molecular weight is 394 g/mol. The summed E-state index contributed by atoms with van der Waals surface area (Å²) >= 11 is 0. The van der Waals surface area contributed by atoms with Gasteiger partial charge in [-0.25, -0.2) is 9.78 Å². The molecule has 3 rings (SSSR count). The van der Waals surface area contributed by atoms with Crippen molar-refractivity contribution in [3.8, 4) is 5.75 Å². The predicted octanol–water partition coefficient (Wildman–Crippen LogP) is 3.95. The number of carbonyl (C=O) groups is 1. The third-order valence-corrected chi connectivity index (χ3v) is 4.91. The van der Waals surface area contributed by atoms with Crippen LogP contribution in [0.1, 0.15) is 32.1 Å². The normalized spacial score (nSPS) is 11.9. The molecule has 1 aromatic heterocycles. The first kappa shape index (κ1) is 20.4. The number of anilines is 1. The van der Waals surface area contributed by atoms with Gasteiger partial charge in [0.25, 0.3) is 5.56 Å². The second-order valence-electron chi connectivity index (χ2n) is 6.77. The van der Waals surface area contributed by atoms with Crippen LogP contribution in [0.25, 0.3) is 10.9 Å². The largest absolute Gasteiger partial charge is 0.494 e. The zero-order chi connectivity index (χ0) is 21.0. The summed E-state index contributed by atoms with van der Waals surface area (Å²) in [6, 6.07) is 13.8. The lowest BCUT2D eigenvalue weighted by Gasteiger charge is -2.28. The van der Waals surface area contributed by atoms with Crippen LogP contribution in [0.2, 0.25) is 0 Å². The minimum Gasteiger partial charge on any atom is -0.494 e. The average Bonchev–Trinajstić information content (AvgIpc) is 2.73. The van der Waals surface area contributed by atoms with Crippen LogP contribution < -0.4 is 15.6 Å². The Hall–Kier alpha value is -3.35. The van der Waals surface area contributed by atoms with Crippen molar-refractivity contribution in [3.63, 3.8) is 0 Å². The van der Waals surface area contributed by atoms with Gasteiger partial charge in [0.05, 0.1) is 23.6 Å². The van der Waals surface area contributed by atoms with E-state index in [0.717, 1.165) is 5.75 Å². The van der Waals surface area contributed by atoms with Crippen molar-refractivity contribution in [1.29, 1.82) is 0 Å².